The third-order valence-electron chi connectivity index (χ3n) is 4.90. The summed E-state index contributed by atoms with van der Waals surface area (Å²) in [6.07, 6.45) is 8.08. The van der Waals surface area contributed by atoms with Gasteiger partial charge in [-0.15, -0.1) is 0 Å². The van der Waals surface area contributed by atoms with Crippen molar-refractivity contribution in [2.24, 2.45) is 17.8 Å². The Labute approximate surface area is 120 Å². The van der Waals surface area contributed by atoms with Gasteiger partial charge in [0.15, 0.2) is 6.04 Å². The Kier molecular flexibility index (Phi) is 5.40. The van der Waals surface area contributed by atoms with E-state index in [-0.39, 0.29) is 11.8 Å². The first kappa shape index (κ1) is 15.3. The highest BCUT2D eigenvalue weighted by Crippen LogP contribution is 2.42. The molecule has 2 aliphatic rings. The maximum atomic E-state index is 12.2. The van der Waals surface area contributed by atoms with Crippen molar-refractivity contribution in [3.05, 3.63) is 0 Å². The van der Waals surface area contributed by atoms with Gasteiger partial charge >= 0.3 is 5.97 Å². The summed E-state index contributed by atoms with van der Waals surface area (Å²) in [4.78, 5) is 23.6. The molecule has 4 unspecified atom stereocenters. The average molecular weight is 283 g/mol. The molecule has 2 N–H and O–H groups in total. The summed E-state index contributed by atoms with van der Waals surface area (Å²) < 4.78 is 4.56. The average Bonchev–Trinajstić information content (AvgIpc) is 2.51. The second-order valence-corrected chi connectivity index (χ2v) is 6.08. The van der Waals surface area contributed by atoms with E-state index in [1.165, 1.54) is 32.8 Å². The highest BCUT2D eigenvalue weighted by molar-refractivity contribution is 5.85. The number of hydrogen-bond donors (Lipinski definition) is 2. The van der Waals surface area contributed by atoms with Crippen molar-refractivity contribution in [2.75, 3.05) is 13.7 Å². The molecule has 1 amide bonds. The number of ether oxygens (including phenoxy) is 1. The number of rotatable bonds is 4. The lowest BCUT2D eigenvalue weighted by Crippen LogP contribution is -2.47. The Morgan fingerprint density at radius 3 is 2.55 bits per heavy atom. The highest BCUT2D eigenvalue weighted by atomic mass is 16.5. The van der Waals surface area contributed by atoms with Crippen molar-refractivity contribution < 1.29 is 19.4 Å². The first-order chi connectivity index (χ1) is 9.65. The number of aliphatic hydroxyl groups excluding tert-OH is 1. The van der Waals surface area contributed by atoms with Crippen LogP contribution in [0.15, 0.2) is 0 Å². The summed E-state index contributed by atoms with van der Waals surface area (Å²) in [5.74, 6) is 0.736. The molecule has 0 saturated heterocycles. The second-order valence-electron chi connectivity index (χ2n) is 6.08. The van der Waals surface area contributed by atoms with Gasteiger partial charge in [0.05, 0.1) is 13.7 Å². The van der Waals surface area contributed by atoms with Crippen LogP contribution in [-0.2, 0) is 14.3 Å². The number of carbonyl (C=O) groups is 2. The molecule has 2 fully saturated rings. The van der Waals surface area contributed by atoms with Crippen LogP contribution in [0, 0.1) is 17.8 Å². The summed E-state index contributed by atoms with van der Waals surface area (Å²) in [5.41, 5.74) is 0. The van der Waals surface area contributed by atoms with Crippen molar-refractivity contribution in [1.82, 2.24) is 5.32 Å². The largest absolute Gasteiger partial charge is 0.467 e. The van der Waals surface area contributed by atoms with E-state index in [0.717, 1.165) is 25.2 Å². The van der Waals surface area contributed by atoms with Gasteiger partial charge in [-0.1, -0.05) is 25.7 Å². The van der Waals surface area contributed by atoms with Gasteiger partial charge in [0.25, 0.3) is 0 Å². The molecule has 20 heavy (non-hydrogen) atoms. The molecule has 2 saturated carbocycles. The van der Waals surface area contributed by atoms with Crippen LogP contribution < -0.4 is 5.32 Å². The van der Waals surface area contributed by atoms with Gasteiger partial charge in [0.2, 0.25) is 5.91 Å². The molecule has 0 bridgehead atoms. The third kappa shape index (κ3) is 3.51. The highest BCUT2D eigenvalue weighted by Gasteiger charge is 2.36. The van der Waals surface area contributed by atoms with E-state index in [9.17, 15) is 9.59 Å². The molecule has 4 atom stereocenters. The Morgan fingerprint density at radius 1 is 1.20 bits per heavy atom. The SMILES string of the molecule is COC(=O)C(CO)NC(=O)C1CCC2CCCCC2C1. The number of amides is 1. The Morgan fingerprint density at radius 2 is 1.90 bits per heavy atom. The smallest absolute Gasteiger partial charge is 0.330 e. The van der Waals surface area contributed by atoms with E-state index in [2.05, 4.69) is 10.1 Å². The van der Waals surface area contributed by atoms with Crippen molar-refractivity contribution in [3.8, 4) is 0 Å². The predicted octanol–water partition coefficient (Wildman–Crippen LogP) is 1.24. The van der Waals surface area contributed by atoms with Gasteiger partial charge in [-0.25, -0.2) is 4.79 Å². The molecule has 5 heteroatoms. The molecule has 0 aromatic rings. The number of fused-ring (bicyclic) bond motifs is 1. The topological polar surface area (TPSA) is 75.6 Å². The number of hydrogen-bond acceptors (Lipinski definition) is 4. The molecule has 5 nitrogen and oxygen atoms in total. The van der Waals surface area contributed by atoms with E-state index in [0.29, 0.717) is 5.92 Å². The lowest BCUT2D eigenvalue weighted by atomic mass is 9.67. The zero-order chi connectivity index (χ0) is 14.5. The summed E-state index contributed by atoms with van der Waals surface area (Å²) in [5, 5.41) is 11.8. The van der Waals surface area contributed by atoms with Crippen LogP contribution >= 0.6 is 0 Å². The predicted molar refractivity (Wildman–Crippen MR) is 73.8 cm³/mol. The van der Waals surface area contributed by atoms with Crippen molar-refractivity contribution >= 4 is 11.9 Å². The minimum Gasteiger partial charge on any atom is -0.467 e. The monoisotopic (exact) mass is 283 g/mol. The van der Waals surface area contributed by atoms with Crippen LogP contribution in [0.2, 0.25) is 0 Å². The quantitative estimate of drug-likeness (QED) is 0.761. The molecule has 0 spiro atoms. The summed E-state index contributed by atoms with van der Waals surface area (Å²) in [7, 11) is 1.25. The fourth-order valence-corrected chi connectivity index (χ4v) is 3.72. The zero-order valence-electron chi connectivity index (χ0n) is 12.1. The van der Waals surface area contributed by atoms with Crippen LogP contribution in [-0.4, -0.2) is 36.7 Å². The van der Waals surface area contributed by atoms with Crippen LogP contribution in [0.25, 0.3) is 0 Å². The third-order valence-corrected chi connectivity index (χ3v) is 4.90. The lowest BCUT2D eigenvalue weighted by molar-refractivity contribution is -0.147. The molecule has 2 aliphatic carbocycles. The molecular formula is C15H25NO4. The number of methoxy groups -OCH3 is 1. The summed E-state index contributed by atoms with van der Waals surface area (Å²) in [6.45, 7) is -0.419. The van der Waals surface area contributed by atoms with Crippen molar-refractivity contribution in [2.45, 2.75) is 51.0 Å². The van der Waals surface area contributed by atoms with Crippen LogP contribution in [0.1, 0.15) is 44.9 Å². The molecule has 2 rings (SSSR count). The fourth-order valence-electron chi connectivity index (χ4n) is 3.72. The minimum atomic E-state index is -0.934. The lowest BCUT2D eigenvalue weighted by Gasteiger charge is -2.38. The van der Waals surface area contributed by atoms with Crippen LogP contribution in [0.3, 0.4) is 0 Å². The van der Waals surface area contributed by atoms with Crippen molar-refractivity contribution in [3.63, 3.8) is 0 Å². The Balaban J connectivity index is 1.87. The number of nitrogens with one attached hydrogen (secondary N) is 1. The van der Waals surface area contributed by atoms with Gasteiger partial charge in [0.1, 0.15) is 0 Å². The number of carbonyl (C=O) groups excluding carboxylic acids is 2. The Hall–Kier alpha value is -1.10. The second kappa shape index (κ2) is 7.07. The molecule has 0 aromatic heterocycles. The van der Waals surface area contributed by atoms with Crippen LogP contribution in [0.4, 0.5) is 0 Å². The summed E-state index contributed by atoms with van der Waals surface area (Å²) >= 11 is 0. The van der Waals surface area contributed by atoms with Crippen LogP contribution in [0.5, 0.6) is 0 Å². The first-order valence-electron chi connectivity index (χ1n) is 7.64. The Bertz CT molecular complexity index is 358. The molecule has 0 heterocycles. The zero-order valence-corrected chi connectivity index (χ0v) is 12.1. The standard InChI is InChI=1S/C15H25NO4/c1-20-15(19)13(9-17)16-14(18)12-7-6-10-4-2-3-5-11(10)8-12/h10-13,17H,2-9H2,1H3,(H,16,18). The summed E-state index contributed by atoms with van der Waals surface area (Å²) in [6, 6.07) is -0.934. The normalized spacial score (nSPS) is 31.0. The molecule has 0 aromatic carbocycles. The maximum absolute atomic E-state index is 12.2. The molecule has 0 aliphatic heterocycles. The van der Waals surface area contributed by atoms with Gasteiger partial charge in [-0.3, -0.25) is 4.79 Å². The van der Waals surface area contributed by atoms with Gasteiger partial charge in [0, 0.05) is 5.92 Å². The number of aliphatic hydroxyl groups is 1. The van der Waals surface area contributed by atoms with Gasteiger partial charge < -0.3 is 15.2 Å². The van der Waals surface area contributed by atoms with E-state index in [1.807, 2.05) is 0 Å². The fraction of sp³-hybridized carbons (Fsp3) is 0.867. The van der Waals surface area contributed by atoms with E-state index >= 15 is 0 Å². The van der Waals surface area contributed by atoms with E-state index in [4.69, 9.17) is 5.11 Å². The van der Waals surface area contributed by atoms with Crippen molar-refractivity contribution in [1.29, 1.82) is 0 Å². The molecule has 114 valence electrons. The number of esters is 1. The van der Waals surface area contributed by atoms with Gasteiger partial charge in [-0.2, -0.15) is 0 Å². The van der Waals surface area contributed by atoms with Gasteiger partial charge in [-0.05, 0) is 31.1 Å². The molecule has 0 radical (unpaired) electrons. The minimum absolute atomic E-state index is 0.0203. The van der Waals surface area contributed by atoms with E-state index in [1.54, 1.807) is 0 Å². The maximum Gasteiger partial charge on any atom is 0.330 e. The van der Waals surface area contributed by atoms with E-state index < -0.39 is 18.6 Å². The molecular weight excluding hydrogens is 258 g/mol. The first-order valence-corrected chi connectivity index (χ1v) is 7.64.